The van der Waals surface area contributed by atoms with Gasteiger partial charge in [0.15, 0.2) is 37.7 Å². The van der Waals surface area contributed by atoms with Crippen LogP contribution in [0.4, 0.5) is 0 Å². The van der Waals surface area contributed by atoms with Gasteiger partial charge >= 0.3 is 0 Å². The molecule has 30 atom stereocenters. The number of aliphatic hydroxyl groups excluding tert-OH is 20. The summed E-state index contributed by atoms with van der Waals surface area (Å²) in [5, 5.41) is 210. The minimum absolute atomic E-state index is 0.829. The maximum absolute atomic E-state index is 11.2. The molecule has 0 aliphatic carbocycles. The minimum atomic E-state index is -2.19. The van der Waals surface area contributed by atoms with Gasteiger partial charge in [-0.1, -0.05) is 0 Å². The van der Waals surface area contributed by atoms with E-state index >= 15 is 0 Å². The predicted octanol–water partition coefficient (Wildman–Crippen LogP) is -14.1. The number of aliphatic hydroxyl groups is 20. The molecule has 0 spiro atoms. The zero-order chi connectivity index (χ0) is 49.3. The first kappa shape index (κ1) is 55.1. The number of ether oxygens (including phenoxy) is 11. The van der Waals surface area contributed by atoms with Crippen molar-refractivity contribution in [1.82, 2.24) is 0 Å². The number of hydrogen-bond acceptors (Lipinski definition) is 31. The number of rotatable bonds is 16. The summed E-state index contributed by atoms with van der Waals surface area (Å²) < 4.78 is 60.3. The van der Waals surface area contributed by atoms with Gasteiger partial charge in [0, 0.05) is 0 Å². The highest BCUT2D eigenvalue weighted by atomic mass is 16.8. The van der Waals surface area contributed by atoms with Crippen molar-refractivity contribution in [3.05, 3.63) is 0 Å². The van der Waals surface area contributed by atoms with Gasteiger partial charge in [0.2, 0.25) is 0 Å². The Morgan fingerprint density at radius 1 is 0.224 bits per heavy atom. The Morgan fingerprint density at radius 3 is 0.821 bits per heavy atom. The second-order valence-corrected chi connectivity index (χ2v) is 16.8. The lowest BCUT2D eigenvalue weighted by molar-refractivity contribution is -0.396. The zero-order valence-corrected chi connectivity index (χ0v) is 35.0. The highest BCUT2D eigenvalue weighted by Gasteiger charge is 2.57. The van der Waals surface area contributed by atoms with Crippen LogP contribution in [-0.4, -0.2) is 326 Å². The first-order valence-corrected chi connectivity index (χ1v) is 21.1. The monoisotopic (exact) mass is 990 g/mol. The van der Waals surface area contributed by atoms with Crippen molar-refractivity contribution < 1.29 is 154 Å². The van der Waals surface area contributed by atoms with E-state index < -0.39 is 224 Å². The average molecular weight is 991 g/mol. The van der Waals surface area contributed by atoms with E-state index in [-0.39, 0.29) is 0 Å². The highest BCUT2D eigenvalue weighted by molar-refractivity contribution is 5.00. The van der Waals surface area contributed by atoms with E-state index in [2.05, 4.69) is 0 Å². The lowest BCUT2D eigenvalue weighted by atomic mass is 9.95. The molecule has 0 unspecified atom stereocenters. The van der Waals surface area contributed by atoms with Crippen molar-refractivity contribution in [3.8, 4) is 0 Å². The molecular weight excluding hydrogens is 928 g/mol. The average Bonchev–Trinajstić information content (AvgIpc) is 3.32. The molecule has 0 radical (unpaired) electrons. The van der Waals surface area contributed by atoms with Gasteiger partial charge in [0.05, 0.1) is 39.6 Å². The molecule has 6 aliphatic heterocycles. The largest absolute Gasteiger partial charge is 0.394 e. The molecule has 6 heterocycles. The van der Waals surface area contributed by atoms with Crippen molar-refractivity contribution in [2.45, 2.75) is 184 Å². The minimum Gasteiger partial charge on any atom is -0.394 e. The zero-order valence-electron chi connectivity index (χ0n) is 35.0. The Labute approximate surface area is 378 Å². The summed E-state index contributed by atoms with van der Waals surface area (Å²) in [5.41, 5.74) is 0. The van der Waals surface area contributed by atoms with Crippen LogP contribution in [0.2, 0.25) is 0 Å². The Hall–Kier alpha value is -1.24. The third-order valence-electron chi connectivity index (χ3n) is 12.4. The quantitative estimate of drug-likeness (QED) is 0.0683. The number of hydrogen-bond donors (Lipinski definition) is 20. The fraction of sp³-hybridized carbons (Fsp3) is 1.00. The van der Waals surface area contributed by atoms with Gasteiger partial charge in [-0.15, -0.1) is 0 Å². The van der Waals surface area contributed by atoms with Crippen LogP contribution in [0.5, 0.6) is 0 Å². The first-order valence-electron chi connectivity index (χ1n) is 21.1. The molecule has 31 heteroatoms. The van der Waals surface area contributed by atoms with Crippen LogP contribution in [0, 0.1) is 0 Å². The SMILES string of the molecule is OC[C@H]1O[C@@H](O[C@@H]2[C@@H](O)[C@H](O[C@H]3[C@H](O)[C@@H](O)[C@H](O[C@H]4[C@H](O)[C@@H](O)[C@H](O[C@H]5[C@H](O)[C@@H](O)[C@H](O[C@@H]6[C@@H](O)[C@H](O)O[C@H](CO)[C@H]6O)O[C@@H]5CO)O[C@@H]4CO)O[C@@H]3CO)O[C@H](CO)[C@H]2O)[C@H](O)[C@@H](O)[C@@H]1O. The molecule has 6 rings (SSSR count). The summed E-state index contributed by atoms with van der Waals surface area (Å²) >= 11 is 0. The lowest BCUT2D eigenvalue weighted by Gasteiger charge is -2.49. The summed E-state index contributed by atoms with van der Waals surface area (Å²) in [4.78, 5) is 0. The summed E-state index contributed by atoms with van der Waals surface area (Å²) in [6, 6.07) is 0. The third kappa shape index (κ3) is 11.2. The molecule has 67 heavy (non-hydrogen) atoms. The Bertz CT molecular complexity index is 1500. The van der Waals surface area contributed by atoms with Gasteiger partial charge in [0.25, 0.3) is 0 Å². The van der Waals surface area contributed by atoms with E-state index in [0.29, 0.717) is 0 Å². The van der Waals surface area contributed by atoms with Crippen LogP contribution in [0.25, 0.3) is 0 Å². The van der Waals surface area contributed by atoms with Gasteiger partial charge in [-0.05, 0) is 0 Å². The first-order chi connectivity index (χ1) is 31.8. The fourth-order valence-corrected chi connectivity index (χ4v) is 8.51. The molecule has 6 saturated heterocycles. The Balaban J connectivity index is 1.09. The normalized spacial score (nSPS) is 53.4. The van der Waals surface area contributed by atoms with Gasteiger partial charge in [-0.2, -0.15) is 0 Å². The van der Waals surface area contributed by atoms with Crippen molar-refractivity contribution in [3.63, 3.8) is 0 Å². The maximum Gasteiger partial charge on any atom is 0.187 e. The van der Waals surface area contributed by atoms with Crippen LogP contribution in [0.1, 0.15) is 0 Å². The van der Waals surface area contributed by atoms with Gasteiger partial charge in [-0.25, -0.2) is 0 Å². The molecule has 392 valence electrons. The predicted molar refractivity (Wildman–Crippen MR) is 199 cm³/mol. The van der Waals surface area contributed by atoms with Gasteiger partial charge < -0.3 is 154 Å². The van der Waals surface area contributed by atoms with E-state index in [1.807, 2.05) is 0 Å². The van der Waals surface area contributed by atoms with E-state index in [4.69, 9.17) is 52.1 Å². The van der Waals surface area contributed by atoms with E-state index in [1.165, 1.54) is 0 Å². The lowest BCUT2D eigenvalue weighted by Crippen LogP contribution is -2.68. The van der Waals surface area contributed by atoms with Crippen LogP contribution < -0.4 is 0 Å². The standard InChI is InChI=1S/C36H62O31/c37-1-7-13(43)16(46)20(50)32(58-7)67-30-15(45)9(3-39)59-36(25(30)55)65-28-12(6-42)61-34(22(52)18(28)48)63-26-10(4-40)60-33(21(51)17(26)47)64-27-11(5-41)62-35(23(53)19(27)49)66-29-14(44)8(2-38)57-31(56)24(29)54/h7-56H,1-6H2/t7-,8-,9-,10-,11-,12-,13-,14-,15-,16+,17-,18-,19-,20-,21-,22-,23-,24-,25-,26-,27-,28-,29+,30+,31-,32+,33+,34+,35+,36+/m1/s1. The van der Waals surface area contributed by atoms with Crippen molar-refractivity contribution >= 4 is 0 Å². The molecule has 0 aromatic rings. The van der Waals surface area contributed by atoms with Gasteiger partial charge in [0.1, 0.15) is 146 Å². The van der Waals surface area contributed by atoms with E-state index in [9.17, 15) is 102 Å². The smallest absolute Gasteiger partial charge is 0.187 e. The van der Waals surface area contributed by atoms with Crippen LogP contribution in [0.15, 0.2) is 0 Å². The molecule has 0 aromatic carbocycles. The highest BCUT2D eigenvalue weighted by Crippen LogP contribution is 2.36. The molecule has 0 saturated carbocycles. The van der Waals surface area contributed by atoms with Gasteiger partial charge in [-0.3, -0.25) is 0 Å². The van der Waals surface area contributed by atoms with Crippen LogP contribution in [0.3, 0.4) is 0 Å². The van der Waals surface area contributed by atoms with Crippen LogP contribution in [-0.2, 0) is 52.1 Å². The maximum atomic E-state index is 11.2. The molecule has 0 bridgehead atoms. The van der Waals surface area contributed by atoms with E-state index in [0.717, 1.165) is 0 Å². The third-order valence-corrected chi connectivity index (χ3v) is 12.4. The molecule has 0 aromatic heterocycles. The second kappa shape index (κ2) is 23.5. The Morgan fingerprint density at radius 2 is 0.478 bits per heavy atom. The molecule has 31 nitrogen and oxygen atoms in total. The molecule has 6 aliphatic rings. The fourth-order valence-electron chi connectivity index (χ4n) is 8.51. The summed E-state index contributed by atoms with van der Waals surface area (Å²) in [6.07, 6.45) is -57.0. The topological polar surface area (TPSA) is 506 Å². The summed E-state index contributed by atoms with van der Waals surface area (Å²) in [5.74, 6) is 0. The summed E-state index contributed by atoms with van der Waals surface area (Å²) in [7, 11) is 0. The van der Waals surface area contributed by atoms with Crippen molar-refractivity contribution in [2.24, 2.45) is 0 Å². The molecule has 20 N–H and O–H groups in total. The Kier molecular flexibility index (Phi) is 19.4. The molecule has 0 amide bonds. The molecule has 6 fully saturated rings. The molecular formula is C36H62O31. The second-order valence-electron chi connectivity index (χ2n) is 16.8. The summed E-state index contributed by atoms with van der Waals surface area (Å²) in [6.45, 7) is -5.69. The van der Waals surface area contributed by atoms with E-state index in [1.54, 1.807) is 0 Å². The van der Waals surface area contributed by atoms with Crippen molar-refractivity contribution in [1.29, 1.82) is 0 Å². The van der Waals surface area contributed by atoms with Crippen LogP contribution >= 0.6 is 0 Å². The van der Waals surface area contributed by atoms with Crippen molar-refractivity contribution in [2.75, 3.05) is 39.6 Å².